The van der Waals surface area contributed by atoms with E-state index >= 15 is 0 Å². The van der Waals surface area contributed by atoms with Gasteiger partial charge in [0.1, 0.15) is 5.75 Å². The largest absolute Gasteiger partial charge is 0.423 e. The zero-order chi connectivity index (χ0) is 13.2. The number of halogens is 1. The van der Waals surface area contributed by atoms with Gasteiger partial charge in [-0.15, -0.1) is 11.3 Å². The molecule has 0 saturated heterocycles. The molecule has 0 radical (unpaired) electrons. The van der Waals surface area contributed by atoms with E-state index in [4.69, 9.17) is 16.3 Å². The third-order valence-electron chi connectivity index (χ3n) is 2.59. The average molecular weight is 290 g/mol. The molecule has 5 heteroatoms. The van der Waals surface area contributed by atoms with E-state index in [-0.39, 0.29) is 0 Å². The smallest absolute Gasteiger partial charge is 0.343 e. The predicted octanol–water partition coefficient (Wildman–Crippen LogP) is 4.17. The molecule has 0 atom stereocenters. The summed E-state index contributed by atoms with van der Waals surface area (Å²) in [5, 5.41) is 0.603. The standard InChI is InChI=1S/C14H8ClNO2S/c15-10-2-4-11(5-3-10)18-14(17)9-1-6-12-13(7-9)19-8-16-12/h1-8H. The topological polar surface area (TPSA) is 39.2 Å². The van der Waals surface area contributed by atoms with Crippen molar-refractivity contribution in [3.05, 3.63) is 58.6 Å². The highest BCUT2D eigenvalue weighted by Gasteiger charge is 2.10. The first-order chi connectivity index (χ1) is 9.22. The predicted molar refractivity (Wildman–Crippen MR) is 76.0 cm³/mol. The number of carbonyl (C=O) groups is 1. The summed E-state index contributed by atoms with van der Waals surface area (Å²) in [6.07, 6.45) is 0. The molecular weight excluding hydrogens is 282 g/mol. The summed E-state index contributed by atoms with van der Waals surface area (Å²) in [5.74, 6) is 0.0800. The second-order valence-electron chi connectivity index (χ2n) is 3.88. The molecular formula is C14H8ClNO2S. The minimum absolute atomic E-state index is 0.391. The monoisotopic (exact) mass is 289 g/mol. The number of nitrogens with zero attached hydrogens (tertiary/aromatic N) is 1. The number of carbonyl (C=O) groups excluding carboxylic acids is 1. The van der Waals surface area contributed by atoms with E-state index in [0.29, 0.717) is 16.3 Å². The van der Waals surface area contributed by atoms with Crippen LogP contribution in [0.2, 0.25) is 5.02 Å². The second-order valence-corrected chi connectivity index (χ2v) is 5.20. The van der Waals surface area contributed by atoms with Crippen molar-refractivity contribution in [2.45, 2.75) is 0 Å². The van der Waals surface area contributed by atoms with Crippen LogP contribution in [0.4, 0.5) is 0 Å². The molecule has 0 saturated carbocycles. The van der Waals surface area contributed by atoms with Crippen LogP contribution in [0.15, 0.2) is 48.0 Å². The van der Waals surface area contributed by atoms with Crippen LogP contribution in [0.3, 0.4) is 0 Å². The molecule has 1 heterocycles. The highest BCUT2D eigenvalue weighted by molar-refractivity contribution is 7.16. The third-order valence-corrected chi connectivity index (χ3v) is 3.63. The molecule has 0 aliphatic carbocycles. The van der Waals surface area contributed by atoms with E-state index in [2.05, 4.69) is 4.98 Å². The van der Waals surface area contributed by atoms with Crippen molar-refractivity contribution in [3.63, 3.8) is 0 Å². The quantitative estimate of drug-likeness (QED) is 0.525. The van der Waals surface area contributed by atoms with Crippen molar-refractivity contribution < 1.29 is 9.53 Å². The van der Waals surface area contributed by atoms with E-state index in [1.54, 1.807) is 41.9 Å². The van der Waals surface area contributed by atoms with Gasteiger partial charge in [-0.3, -0.25) is 0 Å². The summed E-state index contributed by atoms with van der Waals surface area (Å²) in [5.41, 5.74) is 3.14. The number of ether oxygens (including phenoxy) is 1. The Hall–Kier alpha value is -1.91. The van der Waals surface area contributed by atoms with Gasteiger partial charge in [-0.1, -0.05) is 11.6 Å². The minimum Gasteiger partial charge on any atom is -0.423 e. The summed E-state index contributed by atoms with van der Waals surface area (Å²) in [4.78, 5) is 16.2. The van der Waals surface area contributed by atoms with E-state index in [1.165, 1.54) is 11.3 Å². The van der Waals surface area contributed by atoms with Crippen LogP contribution in [0.25, 0.3) is 10.2 Å². The molecule has 19 heavy (non-hydrogen) atoms. The Morgan fingerprint density at radius 2 is 1.95 bits per heavy atom. The molecule has 2 aromatic carbocycles. The summed E-state index contributed by atoms with van der Waals surface area (Å²) >= 11 is 7.26. The van der Waals surface area contributed by atoms with Crippen molar-refractivity contribution in [2.24, 2.45) is 0 Å². The van der Waals surface area contributed by atoms with Crippen LogP contribution in [0.5, 0.6) is 5.75 Å². The molecule has 0 spiro atoms. The lowest BCUT2D eigenvalue weighted by atomic mass is 10.2. The van der Waals surface area contributed by atoms with Gasteiger partial charge in [0.25, 0.3) is 0 Å². The van der Waals surface area contributed by atoms with Gasteiger partial charge in [0.15, 0.2) is 0 Å². The van der Waals surface area contributed by atoms with Crippen molar-refractivity contribution in [1.82, 2.24) is 4.98 Å². The molecule has 3 rings (SSSR count). The number of hydrogen-bond donors (Lipinski definition) is 0. The molecule has 0 unspecified atom stereocenters. The Bertz CT molecular complexity index is 737. The van der Waals surface area contributed by atoms with Gasteiger partial charge in [0.2, 0.25) is 0 Å². The van der Waals surface area contributed by atoms with Crippen LogP contribution < -0.4 is 4.74 Å². The highest BCUT2D eigenvalue weighted by Crippen LogP contribution is 2.21. The number of esters is 1. The van der Waals surface area contributed by atoms with Crippen molar-refractivity contribution in [3.8, 4) is 5.75 Å². The average Bonchev–Trinajstić information content (AvgIpc) is 2.88. The van der Waals surface area contributed by atoms with Crippen LogP contribution in [-0.2, 0) is 0 Å². The number of thiazole rings is 1. The third kappa shape index (κ3) is 2.59. The Kier molecular flexibility index (Phi) is 3.19. The zero-order valence-corrected chi connectivity index (χ0v) is 11.2. The number of rotatable bonds is 2. The van der Waals surface area contributed by atoms with Gasteiger partial charge in [-0.05, 0) is 42.5 Å². The van der Waals surface area contributed by atoms with Gasteiger partial charge in [-0.2, -0.15) is 0 Å². The molecule has 3 nitrogen and oxygen atoms in total. The molecule has 94 valence electrons. The first-order valence-corrected chi connectivity index (χ1v) is 6.79. The Balaban J connectivity index is 1.84. The normalized spacial score (nSPS) is 10.6. The molecule has 0 aliphatic rings. The summed E-state index contributed by atoms with van der Waals surface area (Å²) in [6.45, 7) is 0. The first kappa shape index (κ1) is 12.1. The van der Waals surface area contributed by atoms with Gasteiger partial charge in [-0.25, -0.2) is 9.78 Å². The molecule has 0 fully saturated rings. The van der Waals surface area contributed by atoms with Gasteiger partial charge in [0.05, 0.1) is 21.3 Å². The molecule has 3 aromatic rings. The lowest BCUT2D eigenvalue weighted by molar-refractivity contribution is 0.0735. The second kappa shape index (κ2) is 4.99. The van der Waals surface area contributed by atoms with Crippen LogP contribution in [-0.4, -0.2) is 11.0 Å². The maximum absolute atomic E-state index is 12.0. The molecule has 0 amide bonds. The summed E-state index contributed by atoms with van der Waals surface area (Å²) < 4.78 is 6.23. The Morgan fingerprint density at radius 1 is 1.16 bits per heavy atom. The molecule has 0 aliphatic heterocycles. The van der Waals surface area contributed by atoms with Gasteiger partial charge in [0, 0.05) is 5.02 Å². The zero-order valence-electron chi connectivity index (χ0n) is 9.67. The Morgan fingerprint density at radius 3 is 2.74 bits per heavy atom. The number of fused-ring (bicyclic) bond motifs is 1. The molecule has 0 bridgehead atoms. The Labute approximate surface area is 118 Å². The maximum atomic E-state index is 12.0. The number of benzene rings is 2. The van der Waals surface area contributed by atoms with E-state index < -0.39 is 5.97 Å². The van der Waals surface area contributed by atoms with Crippen LogP contribution >= 0.6 is 22.9 Å². The SMILES string of the molecule is O=C(Oc1ccc(Cl)cc1)c1ccc2ncsc2c1. The van der Waals surface area contributed by atoms with Crippen molar-refractivity contribution in [1.29, 1.82) is 0 Å². The van der Waals surface area contributed by atoms with Crippen molar-refractivity contribution in [2.75, 3.05) is 0 Å². The molecule has 1 aromatic heterocycles. The lowest BCUT2D eigenvalue weighted by Gasteiger charge is -2.04. The fraction of sp³-hybridized carbons (Fsp3) is 0. The molecule has 0 N–H and O–H groups in total. The first-order valence-electron chi connectivity index (χ1n) is 5.53. The maximum Gasteiger partial charge on any atom is 0.343 e. The summed E-state index contributed by atoms with van der Waals surface area (Å²) in [6, 6.07) is 12.0. The minimum atomic E-state index is -0.391. The highest BCUT2D eigenvalue weighted by atomic mass is 35.5. The van der Waals surface area contributed by atoms with Gasteiger partial charge < -0.3 is 4.74 Å². The summed E-state index contributed by atoms with van der Waals surface area (Å²) in [7, 11) is 0. The van der Waals surface area contributed by atoms with Crippen LogP contribution in [0, 0.1) is 0 Å². The van der Waals surface area contributed by atoms with E-state index in [0.717, 1.165) is 10.2 Å². The van der Waals surface area contributed by atoms with E-state index in [9.17, 15) is 4.79 Å². The van der Waals surface area contributed by atoms with E-state index in [1.807, 2.05) is 6.07 Å². The lowest BCUT2D eigenvalue weighted by Crippen LogP contribution is -2.08. The number of hydrogen-bond acceptors (Lipinski definition) is 4. The fourth-order valence-electron chi connectivity index (χ4n) is 1.65. The van der Waals surface area contributed by atoms with Gasteiger partial charge >= 0.3 is 5.97 Å². The van der Waals surface area contributed by atoms with Crippen molar-refractivity contribution >= 4 is 39.1 Å². The van der Waals surface area contributed by atoms with Crippen LogP contribution in [0.1, 0.15) is 10.4 Å². The number of aromatic nitrogens is 1. The fourth-order valence-corrected chi connectivity index (χ4v) is 2.49.